The summed E-state index contributed by atoms with van der Waals surface area (Å²) in [5.74, 6) is 0.172. The fraction of sp³-hybridized carbons (Fsp3) is 0.308. The van der Waals surface area contributed by atoms with Gasteiger partial charge in [-0.15, -0.1) is 0 Å². The molecular weight excluding hydrogens is 252 g/mol. The molecule has 2 aromatic rings. The summed E-state index contributed by atoms with van der Waals surface area (Å²) in [4.78, 5) is 14.8. The van der Waals surface area contributed by atoms with Crippen LogP contribution in [0.3, 0.4) is 0 Å². The predicted octanol–water partition coefficient (Wildman–Crippen LogP) is 2.15. The molecule has 0 radical (unpaired) electrons. The van der Waals surface area contributed by atoms with Gasteiger partial charge in [0, 0.05) is 34.5 Å². The Morgan fingerprint density at radius 1 is 1.39 bits per heavy atom. The molecule has 2 aliphatic heterocycles. The molecule has 1 aromatic carbocycles. The molecular formula is C13H11ClN2O2. The summed E-state index contributed by atoms with van der Waals surface area (Å²) in [6.45, 7) is 0. The molecule has 2 saturated heterocycles. The SMILES string of the molecule is O=C1CC(c2c[nH]c3ccc(Cl)cc23)C2OC2N1. The summed E-state index contributed by atoms with van der Waals surface area (Å²) in [5.41, 5.74) is 2.16. The number of ether oxygens (including phenoxy) is 1. The largest absolute Gasteiger partial charge is 0.361 e. The summed E-state index contributed by atoms with van der Waals surface area (Å²) >= 11 is 6.04. The van der Waals surface area contributed by atoms with Crippen molar-refractivity contribution < 1.29 is 9.53 Å². The van der Waals surface area contributed by atoms with Crippen LogP contribution in [0, 0.1) is 0 Å². The summed E-state index contributed by atoms with van der Waals surface area (Å²) in [5, 5.41) is 4.59. The minimum absolute atomic E-state index is 0.0510. The van der Waals surface area contributed by atoms with Crippen molar-refractivity contribution in [1.82, 2.24) is 10.3 Å². The minimum atomic E-state index is -0.0969. The Labute approximate surface area is 108 Å². The first kappa shape index (κ1) is 10.4. The van der Waals surface area contributed by atoms with Crippen molar-refractivity contribution in [3.8, 4) is 0 Å². The van der Waals surface area contributed by atoms with Crippen LogP contribution in [0.5, 0.6) is 0 Å². The standard InChI is InChI=1S/C13H11ClN2O2/c14-6-1-2-10-7(3-6)9(5-15-10)8-4-11(17)16-13-12(8)18-13/h1-3,5,8,12-13,15H,4H2,(H,16,17). The van der Waals surface area contributed by atoms with Crippen LogP contribution in [-0.2, 0) is 9.53 Å². The Morgan fingerprint density at radius 3 is 3.17 bits per heavy atom. The lowest BCUT2D eigenvalue weighted by molar-refractivity contribution is -0.122. The topological polar surface area (TPSA) is 57.4 Å². The molecule has 1 aromatic heterocycles. The second kappa shape index (κ2) is 3.49. The molecule has 2 fully saturated rings. The number of carbonyl (C=O) groups excluding carboxylic acids is 1. The van der Waals surface area contributed by atoms with E-state index in [0.29, 0.717) is 11.4 Å². The van der Waals surface area contributed by atoms with E-state index in [1.165, 1.54) is 0 Å². The van der Waals surface area contributed by atoms with Gasteiger partial charge in [0.05, 0.1) is 0 Å². The highest BCUT2D eigenvalue weighted by atomic mass is 35.5. The number of halogens is 1. The van der Waals surface area contributed by atoms with Crippen LogP contribution < -0.4 is 5.32 Å². The van der Waals surface area contributed by atoms with Crippen molar-refractivity contribution in [2.75, 3.05) is 0 Å². The van der Waals surface area contributed by atoms with Crippen LogP contribution >= 0.6 is 11.6 Å². The van der Waals surface area contributed by atoms with Gasteiger partial charge in [0.25, 0.3) is 0 Å². The highest BCUT2D eigenvalue weighted by Gasteiger charge is 2.51. The molecule has 0 saturated carbocycles. The van der Waals surface area contributed by atoms with Gasteiger partial charge in [-0.05, 0) is 23.8 Å². The lowest BCUT2D eigenvalue weighted by Gasteiger charge is -2.17. The summed E-state index contributed by atoms with van der Waals surface area (Å²) in [6.07, 6.45) is 2.45. The predicted molar refractivity (Wildman–Crippen MR) is 67.5 cm³/mol. The quantitative estimate of drug-likeness (QED) is 0.774. The maximum atomic E-state index is 11.6. The van der Waals surface area contributed by atoms with E-state index in [1.807, 2.05) is 24.4 Å². The first-order chi connectivity index (χ1) is 8.72. The highest BCUT2D eigenvalue weighted by molar-refractivity contribution is 6.31. The number of aromatic nitrogens is 1. The molecule has 2 aliphatic rings. The van der Waals surface area contributed by atoms with Crippen molar-refractivity contribution in [1.29, 1.82) is 0 Å². The molecule has 3 atom stereocenters. The average Bonchev–Trinajstić information content (AvgIpc) is 2.99. The number of H-pyrrole nitrogens is 1. The molecule has 4 nitrogen and oxygen atoms in total. The summed E-state index contributed by atoms with van der Waals surface area (Å²) < 4.78 is 5.48. The number of fused-ring (bicyclic) bond motifs is 2. The van der Waals surface area contributed by atoms with Gasteiger partial charge in [-0.3, -0.25) is 4.79 Å². The molecule has 0 bridgehead atoms. The zero-order valence-corrected chi connectivity index (χ0v) is 10.2. The number of piperidine rings is 1. The van der Waals surface area contributed by atoms with Gasteiger partial charge >= 0.3 is 0 Å². The molecule has 5 heteroatoms. The fourth-order valence-corrected chi connectivity index (χ4v) is 2.96. The average molecular weight is 263 g/mol. The number of aromatic amines is 1. The van der Waals surface area contributed by atoms with E-state index in [4.69, 9.17) is 16.3 Å². The highest BCUT2D eigenvalue weighted by Crippen LogP contribution is 2.42. The third kappa shape index (κ3) is 1.46. The van der Waals surface area contributed by atoms with Gasteiger partial charge in [-0.1, -0.05) is 11.6 Å². The van der Waals surface area contributed by atoms with Crippen LogP contribution in [0.4, 0.5) is 0 Å². The van der Waals surface area contributed by atoms with Gasteiger partial charge in [0.2, 0.25) is 5.91 Å². The zero-order chi connectivity index (χ0) is 12.3. The molecule has 18 heavy (non-hydrogen) atoms. The van der Waals surface area contributed by atoms with Crippen LogP contribution in [0.2, 0.25) is 5.02 Å². The van der Waals surface area contributed by atoms with E-state index < -0.39 is 0 Å². The van der Waals surface area contributed by atoms with E-state index in [9.17, 15) is 4.79 Å². The monoisotopic (exact) mass is 262 g/mol. The first-order valence-corrected chi connectivity index (χ1v) is 6.31. The van der Waals surface area contributed by atoms with Gasteiger partial charge < -0.3 is 15.0 Å². The van der Waals surface area contributed by atoms with Crippen molar-refractivity contribution in [2.24, 2.45) is 0 Å². The van der Waals surface area contributed by atoms with Crippen molar-refractivity contribution >= 4 is 28.4 Å². The molecule has 3 heterocycles. The Kier molecular flexibility index (Phi) is 2.02. The molecule has 0 aliphatic carbocycles. The molecule has 92 valence electrons. The Bertz CT molecular complexity index is 651. The second-order valence-corrected chi connectivity index (χ2v) is 5.27. The molecule has 0 spiro atoms. The minimum Gasteiger partial charge on any atom is -0.361 e. The third-order valence-electron chi connectivity index (χ3n) is 3.71. The molecule has 2 N–H and O–H groups in total. The Morgan fingerprint density at radius 2 is 2.28 bits per heavy atom. The number of benzene rings is 1. The molecule has 1 amide bonds. The van der Waals surface area contributed by atoms with Crippen molar-refractivity contribution in [3.05, 3.63) is 35.0 Å². The number of rotatable bonds is 1. The van der Waals surface area contributed by atoms with Gasteiger partial charge in [-0.25, -0.2) is 0 Å². The number of carbonyl (C=O) groups is 1. The van der Waals surface area contributed by atoms with Crippen LogP contribution in [0.15, 0.2) is 24.4 Å². The maximum Gasteiger partial charge on any atom is 0.222 e. The van der Waals surface area contributed by atoms with E-state index in [0.717, 1.165) is 16.5 Å². The van der Waals surface area contributed by atoms with Gasteiger partial charge in [0.1, 0.15) is 6.10 Å². The zero-order valence-electron chi connectivity index (χ0n) is 9.44. The van der Waals surface area contributed by atoms with Crippen molar-refractivity contribution in [3.63, 3.8) is 0 Å². The summed E-state index contributed by atoms with van der Waals surface area (Å²) in [7, 11) is 0. The number of epoxide rings is 1. The number of amides is 1. The molecule has 4 rings (SSSR count). The number of hydrogen-bond acceptors (Lipinski definition) is 2. The van der Waals surface area contributed by atoms with Gasteiger partial charge in [-0.2, -0.15) is 0 Å². The van der Waals surface area contributed by atoms with Crippen molar-refractivity contribution in [2.45, 2.75) is 24.7 Å². The second-order valence-electron chi connectivity index (χ2n) is 4.83. The lowest BCUT2D eigenvalue weighted by Crippen LogP contribution is -2.36. The summed E-state index contributed by atoms with van der Waals surface area (Å²) in [6, 6.07) is 5.75. The smallest absolute Gasteiger partial charge is 0.222 e. The third-order valence-corrected chi connectivity index (χ3v) is 3.94. The van der Waals surface area contributed by atoms with E-state index in [1.54, 1.807) is 0 Å². The van der Waals surface area contributed by atoms with Gasteiger partial charge in [0.15, 0.2) is 6.23 Å². The van der Waals surface area contributed by atoms with E-state index in [2.05, 4.69) is 10.3 Å². The Balaban J connectivity index is 1.82. The lowest BCUT2D eigenvalue weighted by atomic mass is 9.89. The van der Waals surface area contributed by atoms with Crippen LogP contribution in [-0.4, -0.2) is 23.2 Å². The molecule has 3 unspecified atom stereocenters. The van der Waals surface area contributed by atoms with E-state index in [-0.39, 0.29) is 24.2 Å². The first-order valence-electron chi connectivity index (χ1n) is 5.94. The van der Waals surface area contributed by atoms with E-state index >= 15 is 0 Å². The van der Waals surface area contributed by atoms with Crippen LogP contribution in [0.1, 0.15) is 17.9 Å². The Hall–Kier alpha value is -1.52. The number of nitrogens with one attached hydrogen (secondary N) is 2. The fourth-order valence-electron chi connectivity index (χ4n) is 2.79. The number of hydrogen-bond donors (Lipinski definition) is 2. The maximum absolute atomic E-state index is 11.6. The normalized spacial score (nSPS) is 30.1. The van der Waals surface area contributed by atoms with Crippen LogP contribution in [0.25, 0.3) is 10.9 Å².